The van der Waals surface area contributed by atoms with Gasteiger partial charge in [0.25, 0.3) is 0 Å². The average molecular weight is 368 g/mol. The molecule has 4 nitrogen and oxygen atoms in total. The summed E-state index contributed by atoms with van der Waals surface area (Å²) in [6.07, 6.45) is -1.04. The molecule has 2 aliphatic rings. The van der Waals surface area contributed by atoms with Crippen LogP contribution >= 0.6 is 0 Å². The highest BCUT2D eigenvalue weighted by Crippen LogP contribution is 2.56. The quantitative estimate of drug-likeness (QED) is 0.726. The lowest BCUT2D eigenvalue weighted by Gasteiger charge is -2.46. The van der Waals surface area contributed by atoms with Gasteiger partial charge in [0.05, 0.1) is 29.5 Å². The average Bonchev–Trinajstić information content (AvgIpc) is 2.66. The molecule has 1 aromatic carbocycles. The summed E-state index contributed by atoms with van der Waals surface area (Å²) in [6, 6.07) is 10.5. The molecule has 0 spiro atoms. The number of hydrogen-bond acceptors (Lipinski definition) is 4. The van der Waals surface area contributed by atoms with Gasteiger partial charge in [0.15, 0.2) is 5.41 Å². The molecule has 1 N–H and O–H groups in total. The number of halogens is 3. The van der Waals surface area contributed by atoms with Crippen LogP contribution in [0.2, 0.25) is 0 Å². The van der Waals surface area contributed by atoms with Crippen LogP contribution in [0.15, 0.2) is 35.9 Å². The van der Waals surface area contributed by atoms with Gasteiger partial charge in [-0.3, -0.25) is 0 Å². The second-order valence-electron chi connectivity index (χ2n) is 6.81. The highest BCUT2D eigenvalue weighted by molar-refractivity contribution is 6.00. The molecule has 3 atom stereocenters. The standard InChI is InChI=1S/C20H15F3N4/c21-20(22,23)16-8-4-3-7-14(16)17-13-6-2-1-5-12(13)15(9-24)18(27)19(17,10-25)11-26/h3-5,7-8,13,15,17,27H,1-2,6H2/t13-,15+,17-/m1/s1. The molecular weight excluding hydrogens is 353 g/mol. The van der Waals surface area contributed by atoms with Crippen LogP contribution in [-0.4, -0.2) is 5.71 Å². The monoisotopic (exact) mass is 368 g/mol. The number of fused-ring (bicyclic) bond motifs is 1. The van der Waals surface area contributed by atoms with Crippen molar-refractivity contribution in [2.45, 2.75) is 31.4 Å². The van der Waals surface area contributed by atoms with Crippen molar-refractivity contribution in [2.24, 2.45) is 17.3 Å². The lowest BCUT2D eigenvalue weighted by Crippen LogP contribution is -2.49. The van der Waals surface area contributed by atoms with Crippen LogP contribution in [0.1, 0.15) is 36.3 Å². The maximum atomic E-state index is 13.6. The van der Waals surface area contributed by atoms with Crippen LogP contribution in [0.25, 0.3) is 0 Å². The smallest absolute Gasteiger partial charge is 0.305 e. The summed E-state index contributed by atoms with van der Waals surface area (Å²) in [5, 5.41) is 37.6. The molecule has 0 radical (unpaired) electrons. The summed E-state index contributed by atoms with van der Waals surface area (Å²) >= 11 is 0. The molecule has 0 unspecified atom stereocenters. The minimum Gasteiger partial charge on any atom is -0.305 e. The second kappa shape index (κ2) is 6.56. The number of nitriles is 3. The normalized spacial score (nSPS) is 26.7. The molecule has 7 heteroatoms. The number of hydrogen-bond donors (Lipinski definition) is 1. The Balaban J connectivity index is 2.33. The largest absolute Gasteiger partial charge is 0.416 e. The first kappa shape index (κ1) is 18.7. The van der Waals surface area contributed by atoms with E-state index >= 15 is 0 Å². The Kier molecular flexibility index (Phi) is 4.54. The Morgan fingerprint density at radius 1 is 1.11 bits per heavy atom. The topological polar surface area (TPSA) is 95.2 Å². The molecule has 1 saturated carbocycles. The maximum absolute atomic E-state index is 13.6. The molecule has 0 aromatic heterocycles. The lowest BCUT2D eigenvalue weighted by molar-refractivity contribution is -0.138. The molecule has 1 aromatic rings. The number of benzene rings is 1. The summed E-state index contributed by atoms with van der Waals surface area (Å²) in [5.41, 5.74) is -3.04. The van der Waals surface area contributed by atoms with Crippen molar-refractivity contribution in [2.75, 3.05) is 0 Å². The van der Waals surface area contributed by atoms with Crippen LogP contribution in [-0.2, 0) is 6.18 Å². The van der Waals surface area contributed by atoms with Crippen LogP contribution in [0.5, 0.6) is 0 Å². The first-order valence-corrected chi connectivity index (χ1v) is 8.49. The van der Waals surface area contributed by atoms with Gasteiger partial charge in [-0.05, 0) is 42.4 Å². The zero-order valence-corrected chi connectivity index (χ0v) is 14.2. The minimum absolute atomic E-state index is 0.160. The van der Waals surface area contributed by atoms with E-state index in [1.165, 1.54) is 18.2 Å². The Labute approximate surface area is 154 Å². The molecule has 0 aliphatic heterocycles. The Hall–Kier alpha value is -3.11. The van der Waals surface area contributed by atoms with E-state index in [1.807, 2.05) is 18.2 Å². The van der Waals surface area contributed by atoms with Gasteiger partial charge < -0.3 is 5.41 Å². The van der Waals surface area contributed by atoms with Gasteiger partial charge >= 0.3 is 6.18 Å². The Bertz CT molecular complexity index is 926. The van der Waals surface area contributed by atoms with Crippen molar-refractivity contribution in [1.82, 2.24) is 0 Å². The third-order valence-corrected chi connectivity index (χ3v) is 5.53. The van der Waals surface area contributed by atoms with Crippen LogP contribution < -0.4 is 0 Å². The van der Waals surface area contributed by atoms with E-state index in [-0.39, 0.29) is 5.56 Å². The predicted molar refractivity (Wildman–Crippen MR) is 90.1 cm³/mol. The highest BCUT2D eigenvalue weighted by atomic mass is 19.4. The van der Waals surface area contributed by atoms with Crippen LogP contribution in [0, 0.1) is 56.7 Å². The van der Waals surface area contributed by atoms with Gasteiger partial charge in [0, 0.05) is 5.92 Å². The van der Waals surface area contributed by atoms with Crippen LogP contribution in [0.3, 0.4) is 0 Å². The molecule has 2 aliphatic carbocycles. The first-order chi connectivity index (χ1) is 12.8. The number of rotatable bonds is 1. The summed E-state index contributed by atoms with van der Waals surface area (Å²) in [4.78, 5) is 0. The van der Waals surface area contributed by atoms with Crippen molar-refractivity contribution < 1.29 is 13.2 Å². The summed E-state index contributed by atoms with van der Waals surface area (Å²) in [5.74, 6) is -2.75. The van der Waals surface area contributed by atoms with Gasteiger partial charge in [-0.1, -0.05) is 24.3 Å². The second-order valence-corrected chi connectivity index (χ2v) is 6.81. The molecule has 0 amide bonds. The molecule has 0 bridgehead atoms. The fraction of sp³-hybridized carbons (Fsp3) is 0.400. The number of nitrogens with zero attached hydrogens (tertiary/aromatic N) is 3. The fourth-order valence-electron chi connectivity index (χ4n) is 4.38. The van der Waals surface area contributed by atoms with Crippen molar-refractivity contribution in [1.29, 1.82) is 21.2 Å². The van der Waals surface area contributed by atoms with Crippen molar-refractivity contribution in [3.05, 3.63) is 47.0 Å². The summed E-state index contributed by atoms with van der Waals surface area (Å²) in [7, 11) is 0. The Morgan fingerprint density at radius 3 is 2.37 bits per heavy atom. The van der Waals surface area contributed by atoms with Crippen molar-refractivity contribution in [3.63, 3.8) is 0 Å². The van der Waals surface area contributed by atoms with Gasteiger partial charge in [-0.15, -0.1) is 0 Å². The van der Waals surface area contributed by atoms with Gasteiger partial charge in [-0.2, -0.15) is 29.0 Å². The van der Waals surface area contributed by atoms with Crippen molar-refractivity contribution >= 4 is 5.71 Å². The third kappa shape index (κ3) is 2.69. The van der Waals surface area contributed by atoms with E-state index in [1.54, 1.807) is 6.08 Å². The summed E-state index contributed by atoms with van der Waals surface area (Å²) < 4.78 is 40.9. The molecule has 1 fully saturated rings. The molecule has 27 heavy (non-hydrogen) atoms. The van der Waals surface area contributed by atoms with Gasteiger partial charge in [0.2, 0.25) is 0 Å². The zero-order chi connectivity index (χ0) is 19.8. The Morgan fingerprint density at radius 2 is 1.78 bits per heavy atom. The van der Waals surface area contributed by atoms with E-state index < -0.39 is 40.6 Å². The SMILES string of the molecule is N#C[C@@H]1C(=N)C(C#N)(C#N)[C@@H](c2ccccc2C(F)(F)F)[C@@H]2CCCC=C12. The number of allylic oxidation sites excluding steroid dienone is 2. The highest BCUT2D eigenvalue weighted by Gasteiger charge is 2.58. The van der Waals surface area contributed by atoms with E-state index in [0.717, 1.165) is 6.07 Å². The lowest BCUT2D eigenvalue weighted by atomic mass is 9.53. The maximum Gasteiger partial charge on any atom is 0.416 e. The van der Waals surface area contributed by atoms with E-state index in [4.69, 9.17) is 5.41 Å². The van der Waals surface area contributed by atoms with E-state index in [0.29, 0.717) is 24.8 Å². The van der Waals surface area contributed by atoms with Crippen molar-refractivity contribution in [3.8, 4) is 18.2 Å². The molecule has 0 heterocycles. The van der Waals surface area contributed by atoms with Crippen LogP contribution in [0.4, 0.5) is 13.2 Å². The fourth-order valence-corrected chi connectivity index (χ4v) is 4.38. The number of nitrogens with one attached hydrogen (secondary N) is 1. The molecular formula is C20H15F3N4. The van der Waals surface area contributed by atoms with Gasteiger partial charge in [-0.25, -0.2) is 0 Å². The zero-order valence-electron chi connectivity index (χ0n) is 14.2. The minimum atomic E-state index is -4.65. The summed E-state index contributed by atoms with van der Waals surface area (Å²) in [6.45, 7) is 0. The van der Waals surface area contributed by atoms with Gasteiger partial charge in [0.1, 0.15) is 5.92 Å². The molecule has 0 saturated heterocycles. The number of alkyl halides is 3. The van der Waals surface area contributed by atoms with E-state index in [9.17, 15) is 29.0 Å². The first-order valence-electron chi connectivity index (χ1n) is 8.49. The molecule has 3 rings (SSSR count). The molecule has 136 valence electrons. The van der Waals surface area contributed by atoms with E-state index in [2.05, 4.69) is 0 Å². The third-order valence-electron chi connectivity index (χ3n) is 5.53. The predicted octanol–water partition coefficient (Wildman–Crippen LogP) is 4.72.